The first kappa shape index (κ1) is 12.4. The molecule has 3 nitrogen and oxygen atoms in total. The fraction of sp³-hybridized carbons (Fsp3) is 0.667. The van der Waals surface area contributed by atoms with Crippen LogP contribution in [0, 0.1) is 6.92 Å². The number of alkyl halides is 2. The molecule has 1 fully saturated rings. The van der Waals surface area contributed by atoms with Crippen LogP contribution in [0.3, 0.4) is 0 Å². The summed E-state index contributed by atoms with van der Waals surface area (Å²) >= 11 is 0. The Bertz CT molecular complexity index is 421. The Hall–Kier alpha value is -1.10. The normalized spacial score (nSPS) is 24.9. The van der Waals surface area contributed by atoms with Gasteiger partial charge in [0, 0.05) is 36.2 Å². The number of aliphatic hydroxyl groups excluding tert-OH is 1. The first-order chi connectivity index (χ1) is 7.89. The van der Waals surface area contributed by atoms with Crippen molar-refractivity contribution < 1.29 is 13.9 Å². The lowest BCUT2D eigenvalue weighted by Gasteiger charge is -2.13. The zero-order valence-electron chi connectivity index (χ0n) is 9.95. The number of nitrogens with zero attached hydrogens (tertiary/aromatic N) is 2. The van der Waals surface area contributed by atoms with Crippen LogP contribution in [0.2, 0.25) is 0 Å². The highest BCUT2D eigenvalue weighted by molar-refractivity contribution is 5.19. The van der Waals surface area contributed by atoms with Crippen molar-refractivity contribution in [3.63, 3.8) is 0 Å². The lowest BCUT2D eigenvalue weighted by atomic mass is 10.1. The molecule has 0 amide bonds. The molecule has 94 valence electrons. The predicted octanol–water partition coefficient (Wildman–Crippen LogP) is 2.74. The van der Waals surface area contributed by atoms with E-state index in [4.69, 9.17) is 0 Å². The summed E-state index contributed by atoms with van der Waals surface area (Å²) in [4.78, 5) is 8.34. The molecule has 1 N–H and O–H groups in total. The summed E-state index contributed by atoms with van der Waals surface area (Å²) in [7, 11) is 0. The molecule has 2 atom stereocenters. The van der Waals surface area contributed by atoms with Gasteiger partial charge in [0.15, 0.2) is 0 Å². The highest BCUT2D eigenvalue weighted by atomic mass is 19.3. The summed E-state index contributed by atoms with van der Waals surface area (Å²) in [6, 6.07) is 0. The van der Waals surface area contributed by atoms with Crippen LogP contribution in [0.1, 0.15) is 55.3 Å². The maximum absolute atomic E-state index is 13.1. The third kappa shape index (κ3) is 2.60. The van der Waals surface area contributed by atoms with Crippen LogP contribution >= 0.6 is 0 Å². The first-order valence-electron chi connectivity index (χ1n) is 5.78. The maximum Gasteiger partial charge on any atom is 0.248 e. The molecule has 17 heavy (non-hydrogen) atoms. The molecule has 1 unspecified atom stereocenters. The van der Waals surface area contributed by atoms with E-state index in [-0.39, 0.29) is 18.8 Å². The van der Waals surface area contributed by atoms with Gasteiger partial charge in [0.25, 0.3) is 0 Å². The van der Waals surface area contributed by atoms with Crippen molar-refractivity contribution >= 4 is 0 Å². The van der Waals surface area contributed by atoms with E-state index in [1.54, 1.807) is 20.0 Å². The second kappa shape index (κ2) is 4.29. The van der Waals surface area contributed by atoms with Crippen LogP contribution in [0.15, 0.2) is 6.20 Å². The van der Waals surface area contributed by atoms with Crippen LogP contribution in [-0.4, -0.2) is 21.0 Å². The lowest BCUT2D eigenvalue weighted by Crippen LogP contribution is -2.11. The smallest absolute Gasteiger partial charge is 0.248 e. The number of halogens is 2. The minimum atomic E-state index is -2.58. The minimum Gasteiger partial charge on any atom is -0.389 e. The second-order valence-corrected chi connectivity index (χ2v) is 4.74. The van der Waals surface area contributed by atoms with Gasteiger partial charge in [-0.3, -0.25) is 0 Å². The van der Waals surface area contributed by atoms with E-state index in [0.29, 0.717) is 23.5 Å². The summed E-state index contributed by atoms with van der Waals surface area (Å²) in [5, 5.41) is 9.44. The molecule has 2 rings (SSSR count). The third-order valence-corrected chi connectivity index (χ3v) is 3.25. The summed E-state index contributed by atoms with van der Waals surface area (Å²) < 4.78 is 26.2. The number of aryl methyl sites for hydroxylation is 1. The van der Waals surface area contributed by atoms with Gasteiger partial charge in [-0.15, -0.1) is 0 Å². The predicted molar refractivity (Wildman–Crippen MR) is 58.9 cm³/mol. The topological polar surface area (TPSA) is 46.0 Å². The van der Waals surface area contributed by atoms with Crippen molar-refractivity contribution in [2.45, 2.75) is 51.1 Å². The number of rotatable bonds is 2. The lowest BCUT2D eigenvalue weighted by molar-refractivity contribution is 0.00752. The fourth-order valence-corrected chi connectivity index (χ4v) is 2.27. The molecule has 1 aromatic heterocycles. The van der Waals surface area contributed by atoms with Crippen molar-refractivity contribution in [3.05, 3.63) is 23.3 Å². The van der Waals surface area contributed by atoms with E-state index in [9.17, 15) is 13.9 Å². The van der Waals surface area contributed by atoms with Crippen LogP contribution in [-0.2, 0) is 0 Å². The van der Waals surface area contributed by atoms with Gasteiger partial charge in [0.05, 0.1) is 6.10 Å². The SMILES string of the molecule is Cc1nc(C2CCC(F)(F)C2)ncc1[C@@H](C)O. The van der Waals surface area contributed by atoms with Gasteiger partial charge in [-0.1, -0.05) is 0 Å². The monoisotopic (exact) mass is 242 g/mol. The number of aliphatic hydroxyl groups is 1. The number of hydrogen-bond acceptors (Lipinski definition) is 3. The van der Waals surface area contributed by atoms with Gasteiger partial charge in [-0.2, -0.15) is 0 Å². The Morgan fingerprint density at radius 2 is 2.24 bits per heavy atom. The van der Waals surface area contributed by atoms with Gasteiger partial charge in [-0.25, -0.2) is 18.7 Å². The fourth-order valence-electron chi connectivity index (χ4n) is 2.27. The first-order valence-corrected chi connectivity index (χ1v) is 5.78. The molecule has 1 aliphatic carbocycles. The molecule has 1 heterocycles. The Morgan fingerprint density at radius 1 is 1.53 bits per heavy atom. The van der Waals surface area contributed by atoms with Crippen LogP contribution < -0.4 is 0 Å². The molecule has 1 aliphatic rings. The highest BCUT2D eigenvalue weighted by Gasteiger charge is 2.41. The van der Waals surface area contributed by atoms with Gasteiger partial charge < -0.3 is 5.11 Å². The van der Waals surface area contributed by atoms with E-state index in [1.807, 2.05) is 0 Å². The van der Waals surface area contributed by atoms with E-state index in [2.05, 4.69) is 9.97 Å². The van der Waals surface area contributed by atoms with Crippen LogP contribution in [0.25, 0.3) is 0 Å². The van der Waals surface area contributed by atoms with Crippen LogP contribution in [0.5, 0.6) is 0 Å². The van der Waals surface area contributed by atoms with Crippen molar-refractivity contribution in [3.8, 4) is 0 Å². The largest absolute Gasteiger partial charge is 0.389 e. The van der Waals surface area contributed by atoms with Crippen molar-refractivity contribution in [2.75, 3.05) is 0 Å². The van der Waals surface area contributed by atoms with E-state index in [1.165, 1.54) is 0 Å². The molecule has 0 bridgehead atoms. The zero-order valence-corrected chi connectivity index (χ0v) is 9.95. The Labute approximate surface area is 98.9 Å². The molecular formula is C12H16F2N2O. The quantitative estimate of drug-likeness (QED) is 0.867. The standard InChI is InChI=1S/C12H16F2N2O/c1-7-10(8(2)17)6-15-11(16-7)9-3-4-12(13,14)5-9/h6,8-9,17H,3-5H2,1-2H3/t8-,9?/m1/s1. The molecule has 1 saturated carbocycles. The minimum absolute atomic E-state index is 0.0851. The number of hydrogen-bond donors (Lipinski definition) is 1. The van der Waals surface area contributed by atoms with E-state index < -0.39 is 12.0 Å². The van der Waals surface area contributed by atoms with Gasteiger partial charge in [0.2, 0.25) is 5.92 Å². The van der Waals surface area contributed by atoms with E-state index >= 15 is 0 Å². The van der Waals surface area contributed by atoms with Gasteiger partial charge in [0.1, 0.15) is 5.82 Å². The molecule has 0 aromatic carbocycles. The molecular weight excluding hydrogens is 226 g/mol. The summed E-state index contributed by atoms with van der Waals surface area (Å²) in [5.41, 5.74) is 1.32. The van der Waals surface area contributed by atoms with E-state index in [0.717, 1.165) is 0 Å². The molecule has 0 spiro atoms. The molecule has 0 saturated heterocycles. The third-order valence-electron chi connectivity index (χ3n) is 3.25. The average molecular weight is 242 g/mol. The average Bonchev–Trinajstić information content (AvgIpc) is 2.58. The summed E-state index contributed by atoms with van der Waals surface area (Å²) in [6.45, 7) is 3.40. The Kier molecular flexibility index (Phi) is 3.12. The highest BCUT2D eigenvalue weighted by Crippen LogP contribution is 2.43. The van der Waals surface area contributed by atoms with Gasteiger partial charge >= 0.3 is 0 Å². The molecule has 0 radical (unpaired) electrons. The maximum atomic E-state index is 13.1. The second-order valence-electron chi connectivity index (χ2n) is 4.74. The zero-order chi connectivity index (χ0) is 12.6. The van der Waals surface area contributed by atoms with Crippen LogP contribution in [0.4, 0.5) is 8.78 Å². The van der Waals surface area contributed by atoms with Crippen molar-refractivity contribution in [1.82, 2.24) is 9.97 Å². The van der Waals surface area contributed by atoms with Crippen molar-refractivity contribution in [1.29, 1.82) is 0 Å². The Balaban J connectivity index is 2.21. The molecule has 0 aliphatic heterocycles. The van der Waals surface area contributed by atoms with Crippen molar-refractivity contribution in [2.24, 2.45) is 0 Å². The summed E-state index contributed by atoms with van der Waals surface area (Å²) in [6.07, 6.45) is 1.09. The number of aromatic nitrogens is 2. The molecule has 5 heteroatoms. The Morgan fingerprint density at radius 3 is 2.71 bits per heavy atom. The molecule has 1 aromatic rings. The summed E-state index contributed by atoms with van der Waals surface area (Å²) in [5.74, 6) is -2.36. The van der Waals surface area contributed by atoms with Gasteiger partial charge in [-0.05, 0) is 20.3 Å².